The van der Waals surface area contributed by atoms with E-state index in [9.17, 15) is 0 Å². The molecule has 0 spiro atoms. The SMILES string of the molecule is CC(C)(C)c1ccc(-c2[c-]cccc2)nc1.[2H]C([2H])([2H])c1cc(-c2cc3oc4c(-c5nc6ccccc6n5-c5c(C(C)C)cc(-c6ccccc6)cc5C(C)C)[c-]ccc4c3cn2)cc(C([2H])([2H])[2H])c1.[Ir]. The van der Waals surface area contributed by atoms with E-state index < -0.39 is 13.7 Å². The Kier molecular flexibility index (Phi) is 10.8. The van der Waals surface area contributed by atoms with Crippen molar-refractivity contribution in [2.24, 2.45) is 0 Å². The Bertz CT molecular complexity index is 3440. The summed E-state index contributed by atoms with van der Waals surface area (Å²) in [5.41, 5.74) is 13.5. The quantitative estimate of drug-likeness (QED) is 0.149. The predicted molar refractivity (Wildman–Crippen MR) is 266 cm³/mol. The number of pyridine rings is 2. The number of para-hydroxylation sites is 2. The van der Waals surface area contributed by atoms with Gasteiger partial charge in [-0.3, -0.25) is 9.97 Å². The molecule has 327 valence electrons. The summed E-state index contributed by atoms with van der Waals surface area (Å²) in [6.07, 6.45) is 3.65. The van der Waals surface area contributed by atoms with E-state index in [2.05, 4.69) is 130 Å². The summed E-state index contributed by atoms with van der Waals surface area (Å²) < 4.78 is 56.8. The van der Waals surface area contributed by atoms with Gasteiger partial charge in [-0.15, -0.1) is 54.1 Å². The normalized spacial score (nSPS) is 13.4. The maximum Gasteiger partial charge on any atom is 0.124 e. The van der Waals surface area contributed by atoms with Crippen molar-refractivity contribution in [1.82, 2.24) is 19.5 Å². The van der Waals surface area contributed by atoms with Gasteiger partial charge in [-0.25, -0.2) is 0 Å². The van der Waals surface area contributed by atoms with Crippen LogP contribution in [0.15, 0.2) is 156 Å². The first kappa shape index (κ1) is 37.9. The number of rotatable bonds is 7. The molecule has 0 aliphatic rings. The topological polar surface area (TPSA) is 56.7 Å². The van der Waals surface area contributed by atoms with E-state index in [0.717, 1.165) is 44.3 Å². The average molecular weight is 1030 g/mol. The summed E-state index contributed by atoms with van der Waals surface area (Å²) in [5.74, 6) is 1.08. The zero-order valence-corrected chi connectivity index (χ0v) is 40.0. The molecule has 0 N–H and O–H groups in total. The molecule has 0 fully saturated rings. The monoisotopic (exact) mass is 1030 g/mol. The molecule has 0 aliphatic heterocycles. The fourth-order valence-electron chi connectivity index (χ4n) is 8.32. The summed E-state index contributed by atoms with van der Waals surface area (Å²) in [6, 6.07) is 51.7. The maximum absolute atomic E-state index is 7.98. The average Bonchev–Trinajstić information content (AvgIpc) is 3.92. The largest absolute Gasteiger partial charge is 0.500 e. The van der Waals surface area contributed by atoms with Crippen molar-refractivity contribution in [2.75, 3.05) is 0 Å². The van der Waals surface area contributed by atoms with Crippen molar-refractivity contribution >= 4 is 33.0 Å². The fourth-order valence-corrected chi connectivity index (χ4v) is 8.32. The minimum absolute atomic E-state index is 0. The molecule has 10 rings (SSSR count). The number of aromatic nitrogens is 4. The number of aryl methyl sites for hydroxylation is 2. The molecule has 65 heavy (non-hydrogen) atoms. The summed E-state index contributed by atoms with van der Waals surface area (Å²) in [6.45, 7) is 10.5. The van der Waals surface area contributed by atoms with E-state index in [1.54, 1.807) is 12.3 Å². The molecule has 0 atom stereocenters. The number of imidazole rings is 1. The number of furan rings is 1. The Morgan fingerprint density at radius 3 is 1.97 bits per heavy atom. The molecule has 6 heteroatoms. The molecule has 4 aromatic heterocycles. The van der Waals surface area contributed by atoms with Crippen molar-refractivity contribution in [1.29, 1.82) is 0 Å². The van der Waals surface area contributed by atoms with Gasteiger partial charge < -0.3 is 14.0 Å². The van der Waals surface area contributed by atoms with Crippen LogP contribution in [0.3, 0.4) is 0 Å². The Morgan fingerprint density at radius 1 is 0.631 bits per heavy atom. The van der Waals surface area contributed by atoms with Crippen LogP contribution in [0.5, 0.6) is 0 Å². The second-order valence-corrected chi connectivity index (χ2v) is 18.0. The Morgan fingerprint density at radius 2 is 1.32 bits per heavy atom. The van der Waals surface area contributed by atoms with E-state index in [1.165, 1.54) is 40.5 Å². The Labute approximate surface area is 405 Å². The molecular formula is C59H54IrN4O-2. The van der Waals surface area contributed by atoms with Gasteiger partial charge in [0.05, 0.1) is 28.1 Å². The van der Waals surface area contributed by atoms with Crippen LogP contribution in [-0.4, -0.2) is 19.5 Å². The smallest absolute Gasteiger partial charge is 0.124 e. The molecule has 5 nitrogen and oxygen atoms in total. The molecule has 10 aromatic rings. The van der Waals surface area contributed by atoms with Crippen LogP contribution in [0.2, 0.25) is 0 Å². The summed E-state index contributed by atoms with van der Waals surface area (Å²) in [7, 11) is 0. The van der Waals surface area contributed by atoms with Gasteiger partial charge in [-0.05, 0) is 101 Å². The third-order valence-corrected chi connectivity index (χ3v) is 11.7. The van der Waals surface area contributed by atoms with Crippen molar-refractivity contribution in [3.63, 3.8) is 0 Å². The molecule has 1 radical (unpaired) electrons. The molecule has 0 aliphatic carbocycles. The molecule has 4 heterocycles. The first-order chi connectivity index (χ1) is 33.3. The van der Waals surface area contributed by atoms with Gasteiger partial charge in [0.25, 0.3) is 0 Å². The second-order valence-electron chi connectivity index (χ2n) is 18.0. The van der Waals surface area contributed by atoms with Crippen molar-refractivity contribution in [3.05, 3.63) is 192 Å². The van der Waals surface area contributed by atoms with Gasteiger partial charge in [0.15, 0.2) is 0 Å². The third kappa shape index (κ3) is 9.12. The van der Waals surface area contributed by atoms with E-state index >= 15 is 0 Å². The maximum atomic E-state index is 7.98. The van der Waals surface area contributed by atoms with Crippen molar-refractivity contribution < 1.29 is 32.7 Å². The number of nitrogens with zero attached hydrogens (tertiary/aromatic N) is 4. The zero-order chi connectivity index (χ0) is 49.7. The van der Waals surface area contributed by atoms with Gasteiger partial charge in [-0.1, -0.05) is 131 Å². The molecule has 0 saturated heterocycles. The van der Waals surface area contributed by atoms with Gasteiger partial charge >= 0.3 is 0 Å². The fraction of sp³-hybridized carbons (Fsp3) is 0.203. The molecule has 0 unspecified atom stereocenters. The van der Waals surface area contributed by atoms with Crippen LogP contribution in [0.1, 0.15) is 96.3 Å². The van der Waals surface area contributed by atoms with Crippen LogP contribution in [0.4, 0.5) is 0 Å². The van der Waals surface area contributed by atoms with Gasteiger partial charge in [-0.2, -0.15) is 0 Å². The van der Waals surface area contributed by atoms with E-state index in [1.807, 2.05) is 66.9 Å². The van der Waals surface area contributed by atoms with E-state index in [0.29, 0.717) is 33.8 Å². The van der Waals surface area contributed by atoms with Gasteiger partial charge in [0.1, 0.15) is 5.58 Å². The number of hydrogen-bond acceptors (Lipinski definition) is 4. The van der Waals surface area contributed by atoms with Crippen LogP contribution in [-0.2, 0) is 25.5 Å². The van der Waals surface area contributed by atoms with Crippen LogP contribution < -0.4 is 0 Å². The van der Waals surface area contributed by atoms with E-state index in [-0.39, 0.29) is 48.5 Å². The molecule has 0 amide bonds. The zero-order valence-electron chi connectivity index (χ0n) is 43.6. The van der Waals surface area contributed by atoms with Gasteiger partial charge in [0, 0.05) is 63.4 Å². The van der Waals surface area contributed by atoms with Crippen LogP contribution in [0, 0.1) is 25.8 Å². The first-order valence-corrected chi connectivity index (χ1v) is 21.8. The summed E-state index contributed by atoms with van der Waals surface area (Å²) >= 11 is 0. The molecule has 0 saturated carbocycles. The van der Waals surface area contributed by atoms with Crippen molar-refractivity contribution in [2.45, 2.75) is 79.4 Å². The minimum Gasteiger partial charge on any atom is -0.500 e. The van der Waals surface area contributed by atoms with E-state index in [4.69, 9.17) is 17.6 Å². The summed E-state index contributed by atoms with van der Waals surface area (Å²) in [5, 5.41) is 1.58. The standard InChI is InChI=1S/C44H38N3O.C15H16N.Ir/c1-26(2)35-22-31(30-13-8-7-9-14-30)23-36(27(3)4)42(35)47-40-18-11-10-17-38(40)46-44(47)34-16-12-15-33-37-25-45-39(24-41(37)48-43(33)34)32-20-28(5)19-29(6)21-32;1-15(2,3)13-9-10-14(16-11-13)12-7-5-4-6-8-12;/h7-15,17-27H,1-6H3;4-7,9-11H,1-3H3;/q2*-1;/i5D3,6D3;;. The summed E-state index contributed by atoms with van der Waals surface area (Å²) in [4.78, 5) is 14.4. The number of benzene rings is 6. The predicted octanol–water partition coefficient (Wildman–Crippen LogP) is 15.8. The van der Waals surface area contributed by atoms with Crippen molar-refractivity contribution in [3.8, 4) is 50.7 Å². The minimum atomic E-state index is -2.50. The van der Waals surface area contributed by atoms with Gasteiger partial charge in [0.2, 0.25) is 0 Å². The van der Waals surface area contributed by atoms with Crippen LogP contribution in [0.25, 0.3) is 83.7 Å². The second kappa shape index (κ2) is 18.6. The Hall–Kier alpha value is -6.46. The Balaban J connectivity index is 0.000000338. The number of fused-ring (bicyclic) bond motifs is 4. The molecular weight excluding hydrogens is 973 g/mol. The molecule has 0 bridgehead atoms. The first-order valence-electron chi connectivity index (χ1n) is 24.8. The third-order valence-electron chi connectivity index (χ3n) is 11.7. The molecule has 6 aromatic carbocycles. The number of hydrogen-bond donors (Lipinski definition) is 0. The van der Waals surface area contributed by atoms with Crippen LogP contribution >= 0.6 is 0 Å².